The van der Waals surface area contributed by atoms with E-state index in [2.05, 4.69) is 51.8 Å². The van der Waals surface area contributed by atoms with Gasteiger partial charge in [-0.25, -0.2) is 0 Å². The lowest BCUT2D eigenvalue weighted by molar-refractivity contribution is -0.147. The van der Waals surface area contributed by atoms with Gasteiger partial charge >= 0.3 is 0 Å². The molecule has 2 aromatic rings. The molecule has 0 unspecified atom stereocenters. The molecule has 0 atom stereocenters. The number of carbonyl (C=O) groups excluding carboxylic acids is 1. The van der Waals surface area contributed by atoms with Gasteiger partial charge in [0.2, 0.25) is 0 Å². The van der Waals surface area contributed by atoms with E-state index in [-0.39, 0.29) is 5.91 Å². The number of rotatable bonds is 13. The smallest absolute Gasteiger partial charge is 0.256 e. The maximum Gasteiger partial charge on any atom is 0.256 e. The maximum atomic E-state index is 13.7. The van der Waals surface area contributed by atoms with Crippen molar-refractivity contribution in [3.8, 4) is 5.75 Å². The number of carbonyl (C=O) groups is 1. The van der Waals surface area contributed by atoms with Crippen LogP contribution in [0.2, 0.25) is 0 Å². The van der Waals surface area contributed by atoms with Crippen LogP contribution in [0.3, 0.4) is 0 Å². The fraction of sp³-hybridized carbons (Fsp3) is 0.615. The van der Waals surface area contributed by atoms with Crippen molar-refractivity contribution in [1.29, 1.82) is 0 Å². The zero-order valence-electron chi connectivity index (χ0n) is 20.2. The number of nitrogens with zero attached hydrogens (tertiary/aromatic N) is 1. The summed E-state index contributed by atoms with van der Waals surface area (Å²) in [6, 6.07) is 7.68. The number of nitrogens with one attached hydrogen (secondary N) is 1. The summed E-state index contributed by atoms with van der Waals surface area (Å²) in [6.45, 7) is 14.0. The van der Waals surface area contributed by atoms with Crippen molar-refractivity contribution in [2.45, 2.75) is 79.2 Å². The van der Waals surface area contributed by atoms with Gasteiger partial charge in [-0.3, -0.25) is 9.78 Å². The number of benzene rings is 1. The first kappa shape index (κ1) is 25.1. The van der Waals surface area contributed by atoms with Crippen molar-refractivity contribution in [2.24, 2.45) is 11.8 Å². The van der Waals surface area contributed by atoms with Crippen LogP contribution in [0.1, 0.15) is 73.6 Å². The lowest BCUT2D eigenvalue weighted by Crippen LogP contribution is -2.48. The van der Waals surface area contributed by atoms with Crippen molar-refractivity contribution >= 4 is 22.5 Å². The van der Waals surface area contributed by atoms with Gasteiger partial charge in [-0.05, 0) is 61.8 Å². The van der Waals surface area contributed by atoms with E-state index in [1.165, 1.54) is 0 Å². The predicted molar refractivity (Wildman–Crippen MR) is 129 cm³/mol. The molecule has 0 radical (unpaired) electrons. The van der Waals surface area contributed by atoms with Crippen LogP contribution in [-0.4, -0.2) is 29.7 Å². The van der Waals surface area contributed by atoms with Crippen LogP contribution >= 0.6 is 0 Å². The van der Waals surface area contributed by atoms with E-state index in [4.69, 9.17) is 9.47 Å². The normalized spacial score (nSPS) is 12.0. The zero-order valence-corrected chi connectivity index (χ0v) is 20.2. The van der Waals surface area contributed by atoms with Gasteiger partial charge in [0, 0.05) is 18.2 Å². The molecule has 0 bridgehead atoms. The zero-order chi connectivity index (χ0) is 22.9. The molecule has 1 aromatic carbocycles. The number of hydrogen-bond donors (Lipinski definition) is 1. The Hall–Kier alpha value is -2.14. The van der Waals surface area contributed by atoms with Gasteiger partial charge in [0.15, 0.2) is 0 Å². The molecule has 0 saturated carbocycles. The second-order valence-corrected chi connectivity index (χ2v) is 9.21. The van der Waals surface area contributed by atoms with Crippen LogP contribution in [0.15, 0.2) is 30.5 Å². The maximum absolute atomic E-state index is 13.7. The molecular weight excluding hydrogens is 388 g/mol. The van der Waals surface area contributed by atoms with Gasteiger partial charge in [0.25, 0.3) is 5.91 Å². The molecule has 172 valence electrons. The first-order valence-corrected chi connectivity index (χ1v) is 11.8. The Morgan fingerprint density at radius 3 is 2.35 bits per heavy atom. The number of aromatic nitrogens is 1. The summed E-state index contributed by atoms with van der Waals surface area (Å²) in [5, 5.41) is 4.06. The van der Waals surface area contributed by atoms with E-state index in [0.717, 1.165) is 41.6 Å². The number of amides is 1. The summed E-state index contributed by atoms with van der Waals surface area (Å²) in [5.41, 5.74) is 0.667. The van der Waals surface area contributed by atoms with Crippen molar-refractivity contribution in [1.82, 2.24) is 4.98 Å². The largest absolute Gasteiger partial charge is 0.491 e. The highest BCUT2D eigenvalue weighted by Gasteiger charge is 2.40. The Morgan fingerprint density at radius 2 is 1.74 bits per heavy atom. The molecule has 0 fully saturated rings. The van der Waals surface area contributed by atoms with Crippen molar-refractivity contribution in [2.75, 3.05) is 18.5 Å². The quantitative estimate of drug-likeness (QED) is 0.365. The summed E-state index contributed by atoms with van der Waals surface area (Å²) in [5.74, 6) is 1.36. The van der Waals surface area contributed by atoms with E-state index in [1.54, 1.807) is 6.20 Å². The van der Waals surface area contributed by atoms with Crippen LogP contribution in [-0.2, 0) is 9.53 Å². The lowest BCUT2D eigenvalue weighted by atomic mass is 9.83. The van der Waals surface area contributed by atoms with Crippen LogP contribution in [0.5, 0.6) is 5.75 Å². The Morgan fingerprint density at radius 1 is 1.03 bits per heavy atom. The van der Waals surface area contributed by atoms with Gasteiger partial charge in [0.1, 0.15) is 16.9 Å². The predicted octanol–water partition coefficient (Wildman–Crippen LogP) is 6.61. The minimum absolute atomic E-state index is 0.0758. The van der Waals surface area contributed by atoms with Crippen molar-refractivity contribution < 1.29 is 14.3 Å². The average molecular weight is 429 g/mol. The molecular formula is C26H40N2O3. The van der Waals surface area contributed by atoms with Crippen LogP contribution in [0, 0.1) is 11.8 Å². The number of unbranched alkanes of at least 4 members (excludes halogenated alkanes) is 1. The Labute approximate surface area is 187 Å². The summed E-state index contributed by atoms with van der Waals surface area (Å²) in [6.07, 6.45) is 6.07. The van der Waals surface area contributed by atoms with Crippen molar-refractivity contribution in [3.05, 3.63) is 30.5 Å². The number of anilines is 1. The number of fused-ring (bicyclic) bond motifs is 1. The third-order valence-corrected chi connectivity index (χ3v) is 5.21. The molecule has 0 aliphatic rings. The molecule has 5 nitrogen and oxygen atoms in total. The molecule has 1 aromatic heterocycles. The molecule has 0 aliphatic heterocycles. The molecule has 0 saturated heterocycles. The third kappa shape index (κ3) is 6.93. The fourth-order valence-corrected chi connectivity index (χ4v) is 4.00. The summed E-state index contributed by atoms with van der Waals surface area (Å²) in [4.78, 5) is 18.2. The third-order valence-electron chi connectivity index (χ3n) is 5.21. The van der Waals surface area contributed by atoms with Crippen LogP contribution < -0.4 is 10.1 Å². The molecule has 1 amide bonds. The second-order valence-electron chi connectivity index (χ2n) is 9.21. The molecule has 0 spiro atoms. The van der Waals surface area contributed by atoms with Gasteiger partial charge in [0.05, 0.1) is 12.3 Å². The molecule has 1 heterocycles. The minimum atomic E-state index is -0.844. The lowest BCUT2D eigenvalue weighted by Gasteiger charge is -2.35. The van der Waals surface area contributed by atoms with E-state index >= 15 is 0 Å². The molecule has 2 rings (SSSR count). The average Bonchev–Trinajstić information content (AvgIpc) is 2.72. The van der Waals surface area contributed by atoms with Crippen molar-refractivity contribution in [3.63, 3.8) is 0 Å². The number of hydrogen-bond acceptors (Lipinski definition) is 4. The monoisotopic (exact) mass is 428 g/mol. The van der Waals surface area contributed by atoms with E-state index in [0.29, 0.717) is 37.9 Å². The first-order chi connectivity index (χ1) is 14.8. The summed E-state index contributed by atoms with van der Waals surface area (Å²) < 4.78 is 12.2. The van der Waals surface area contributed by atoms with Gasteiger partial charge in [-0.15, -0.1) is 0 Å². The topological polar surface area (TPSA) is 60.5 Å². The number of pyridine rings is 1. The van der Waals surface area contributed by atoms with E-state index in [9.17, 15) is 4.79 Å². The highest BCUT2D eigenvalue weighted by Crippen LogP contribution is 2.34. The van der Waals surface area contributed by atoms with Gasteiger partial charge in [-0.2, -0.15) is 0 Å². The Bertz CT molecular complexity index is 823. The Kier molecular flexibility index (Phi) is 9.76. The van der Waals surface area contributed by atoms with E-state index in [1.807, 2.05) is 24.3 Å². The van der Waals surface area contributed by atoms with E-state index < -0.39 is 5.60 Å². The highest BCUT2D eigenvalue weighted by molar-refractivity contribution is 6.05. The van der Waals surface area contributed by atoms with Gasteiger partial charge < -0.3 is 14.8 Å². The highest BCUT2D eigenvalue weighted by atomic mass is 16.5. The molecule has 5 heteroatoms. The number of ether oxygens (including phenoxy) is 2. The molecule has 31 heavy (non-hydrogen) atoms. The van der Waals surface area contributed by atoms with Gasteiger partial charge in [-0.1, -0.05) is 48.0 Å². The first-order valence-electron chi connectivity index (χ1n) is 11.8. The molecule has 1 N–H and O–H groups in total. The SMILES string of the molecule is CCCCOc1ccc(NC(=O)C(CC(C)C)(CC(C)C)OCCC)c2cccnc12. The second kappa shape index (κ2) is 12.0. The molecule has 0 aliphatic carbocycles. The summed E-state index contributed by atoms with van der Waals surface area (Å²) >= 11 is 0. The standard InChI is InChI=1S/C26H40N2O3/c1-7-9-16-30-23-13-12-22(21-11-10-14-27-24(21)23)28-25(29)26(17-19(3)4,18-20(5)6)31-15-8-2/h10-14,19-20H,7-9,15-18H2,1-6H3,(H,28,29). The summed E-state index contributed by atoms with van der Waals surface area (Å²) in [7, 11) is 0. The van der Waals surface area contributed by atoms with Crippen LogP contribution in [0.4, 0.5) is 5.69 Å². The minimum Gasteiger partial charge on any atom is -0.491 e. The van der Waals surface area contributed by atoms with Crippen LogP contribution in [0.25, 0.3) is 10.9 Å². The Balaban J connectivity index is 2.39. The fourth-order valence-electron chi connectivity index (χ4n) is 4.00.